The van der Waals surface area contributed by atoms with Crippen molar-refractivity contribution in [3.63, 3.8) is 0 Å². The van der Waals surface area contributed by atoms with Gasteiger partial charge < -0.3 is 0 Å². The standard InChI is InChI=1S/C33H28N2/c1-32(2,3)21-12-10-19-11-13-22-23-14-15-34-30-26-16-20-8-6-7-9-28(20)35-31(26)33(4,5)27(29(23)30)18-25(22)24(19)17-21/h6-18H,1-5H3. The zero-order chi connectivity index (χ0) is 24.1. The third-order valence-corrected chi connectivity index (χ3v) is 7.97. The number of benzene rings is 4. The van der Waals surface area contributed by atoms with Crippen LogP contribution in [-0.2, 0) is 10.8 Å². The van der Waals surface area contributed by atoms with Crippen molar-refractivity contribution in [2.24, 2.45) is 0 Å². The van der Waals surface area contributed by atoms with Gasteiger partial charge in [-0.15, -0.1) is 0 Å². The second kappa shape index (κ2) is 6.66. The molecule has 0 saturated heterocycles. The van der Waals surface area contributed by atoms with Crippen LogP contribution in [0.2, 0.25) is 0 Å². The Bertz CT molecular complexity index is 1850. The van der Waals surface area contributed by atoms with Crippen LogP contribution in [0.25, 0.3) is 54.5 Å². The number of nitrogens with zero attached hydrogens (tertiary/aromatic N) is 2. The number of pyridine rings is 2. The van der Waals surface area contributed by atoms with Crippen molar-refractivity contribution in [3.8, 4) is 11.3 Å². The van der Waals surface area contributed by atoms with E-state index in [0.29, 0.717) is 0 Å². The topological polar surface area (TPSA) is 25.8 Å². The van der Waals surface area contributed by atoms with Gasteiger partial charge in [-0.2, -0.15) is 0 Å². The maximum atomic E-state index is 5.20. The molecular formula is C33H28N2. The Morgan fingerprint density at radius 2 is 1.51 bits per heavy atom. The lowest BCUT2D eigenvalue weighted by Crippen LogP contribution is -2.25. The van der Waals surface area contributed by atoms with Crippen molar-refractivity contribution in [2.45, 2.75) is 45.4 Å². The van der Waals surface area contributed by atoms with Crippen molar-refractivity contribution in [2.75, 3.05) is 0 Å². The van der Waals surface area contributed by atoms with Crippen LogP contribution in [0, 0.1) is 0 Å². The van der Waals surface area contributed by atoms with Crippen molar-refractivity contribution in [1.29, 1.82) is 0 Å². The molecule has 0 aliphatic heterocycles. The van der Waals surface area contributed by atoms with Gasteiger partial charge in [-0.1, -0.05) is 83.1 Å². The lowest BCUT2D eigenvalue weighted by molar-refractivity contribution is 0.591. The summed E-state index contributed by atoms with van der Waals surface area (Å²) in [7, 11) is 0. The van der Waals surface area contributed by atoms with E-state index in [9.17, 15) is 0 Å². The smallest absolute Gasteiger partial charge is 0.0802 e. The zero-order valence-electron chi connectivity index (χ0n) is 20.9. The Morgan fingerprint density at radius 3 is 2.34 bits per heavy atom. The molecule has 170 valence electrons. The summed E-state index contributed by atoms with van der Waals surface area (Å²) in [6.45, 7) is 11.5. The fourth-order valence-electron chi connectivity index (χ4n) is 5.97. The molecule has 2 heterocycles. The SMILES string of the molecule is CC(C)(C)c1ccc2ccc3c4ccnc5c4c(cc3c2c1)C(C)(C)c1nc2ccccc2cc1-5. The fourth-order valence-corrected chi connectivity index (χ4v) is 5.97. The Labute approximate surface area is 205 Å². The molecule has 0 N–H and O–H groups in total. The minimum atomic E-state index is -0.244. The van der Waals surface area contributed by atoms with E-state index in [1.54, 1.807) is 0 Å². The molecule has 6 aromatic rings. The van der Waals surface area contributed by atoms with Crippen LogP contribution in [0.5, 0.6) is 0 Å². The van der Waals surface area contributed by atoms with Gasteiger partial charge in [0.05, 0.1) is 16.9 Å². The minimum absolute atomic E-state index is 0.0990. The minimum Gasteiger partial charge on any atom is -0.256 e. The molecule has 0 fully saturated rings. The normalized spacial score (nSPS) is 14.7. The van der Waals surface area contributed by atoms with E-state index in [2.05, 4.69) is 107 Å². The van der Waals surface area contributed by atoms with Crippen LogP contribution < -0.4 is 0 Å². The number of fused-ring (bicyclic) bond motifs is 7. The lowest BCUT2D eigenvalue weighted by Gasteiger charge is -2.34. The van der Waals surface area contributed by atoms with Crippen LogP contribution >= 0.6 is 0 Å². The molecule has 0 amide bonds. The Kier molecular flexibility index (Phi) is 3.92. The highest BCUT2D eigenvalue weighted by atomic mass is 14.8. The lowest BCUT2D eigenvalue weighted by atomic mass is 9.71. The number of hydrogen-bond acceptors (Lipinski definition) is 2. The van der Waals surface area contributed by atoms with Crippen molar-refractivity contribution < 1.29 is 0 Å². The largest absolute Gasteiger partial charge is 0.256 e. The van der Waals surface area contributed by atoms with Gasteiger partial charge in [0.2, 0.25) is 0 Å². The van der Waals surface area contributed by atoms with Gasteiger partial charge in [0.15, 0.2) is 0 Å². The third-order valence-electron chi connectivity index (χ3n) is 7.97. The summed E-state index contributed by atoms with van der Waals surface area (Å²) in [5, 5.41) is 8.90. The molecule has 0 saturated carbocycles. The van der Waals surface area contributed by atoms with Crippen LogP contribution in [0.4, 0.5) is 0 Å². The number of aromatic nitrogens is 2. The Morgan fingerprint density at radius 1 is 0.714 bits per heavy atom. The summed E-state index contributed by atoms with van der Waals surface area (Å²) in [6, 6.07) is 26.8. The maximum Gasteiger partial charge on any atom is 0.0802 e. The van der Waals surface area contributed by atoms with Crippen LogP contribution in [0.15, 0.2) is 79.0 Å². The summed E-state index contributed by atoms with van der Waals surface area (Å²) in [4.78, 5) is 10.1. The first-order valence-electron chi connectivity index (χ1n) is 12.4. The molecule has 0 spiro atoms. The van der Waals surface area contributed by atoms with Gasteiger partial charge in [0, 0.05) is 27.9 Å². The fraction of sp³-hybridized carbons (Fsp3) is 0.212. The maximum absolute atomic E-state index is 5.20. The van der Waals surface area contributed by atoms with Crippen molar-refractivity contribution in [1.82, 2.24) is 9.97 Å². The molecule has 1 aliphatic carbocycles. The van der Waals surface area contributed by atoms with Gasteiger partial charge in [-0.3, -0.25) is 9.97 Å². The predicted octanol–water partition coefficient (Wildman–Crippen LogP) is 8.69. The zero-order valence-corrected chi connectivity index (χ0v) is 20.9. The van der Waals surface area contributed by atoms with Crippen LogP contribution in [0.3, 0.4) is 0 Å². The number of rotatable bonds is 0. The number of hydrogen-bond donors (Lipinski definition) is 0. The predicted molar refractivity (Wildman–Crippen MR) is 148 cm³/mol. The quantitative estimate of drug-likeness (QED) is 0.215. The van der Waals surface area contributed by atoms with Crippen LogP contribution in [-0.4, -0.2) is 9.97 Å². The first kappa shape index (κ1) is 20.6. The molecule has 2 aromatic heterocycles. The molecule has 0 atom stereocenters. The molecule has 0 unspecified atom stereocenters. The monoisotopic (exact) mass is 452 g/mol. The highest BCUT2D eigenvalue weighted by Crippen LogP contribution is 2.50. The van der Waals surface area contributed by atoms with Gasteiger partial charge in [-0.25, -0.2) is 0 Å². The highest BCUT2D eigenvalue weighted by Gasteiger charge is 2.36. The summed E-state index contributed by atoms with van der Waals surface area (Å²) >= 11 is 0. The van der Waals surface area contributed by atoms with Crippen molar-refractivity contribution in [3.05, 3.63) is 95.8 Å². The molecule has 1 aliphatic rings. The van der Waals surface area contributed by atoms with Gasteiger partial charge in [0.1, 0.15) is 0 Å². The van der Waals surface area contributed by atoms with Gasteiger partial charge in [-0.05, 0) is 67.7 Å². The highest BCUT2D eigenvalue weighted by molar-refractivity contribution is 6.21. The van der Waals surface area contributed by atoms with E-state index < -0.39 is 0 Å². The first-order valence-corrected chi connectivity index (χ1v) is 12.4. The number of para-hydroxylation sites is 1. The Balaban J connectivity index is 1.66. The van der Waals surface area contributed by atoms with E-state index in [0.717, 1.165) is 27.9 Å². The molecule has 2 heteroatoms. The molecule has 35 heavy (non-hydrogen) atoms. The molecule has 4 aromatic carbocycles. The van der Waals surface area contributed by atoms with Gasteiger partial charge >= 0.3 is 0 Å². The second-order valence-electron chi connectivity index (χ2n) is 11.6. The van der Waals surface area contributed by atoms with E-state index in [-0.39, 0.29) is 10.8 Å². The molecular weight excluding hydrogens is 424 g/mol. The molecule has 7 rings (SSSR count). The molecule has 2 nitrogen and oxygen atoms in total. The summed E-state index contributed by atoms with van der Waals surface area (Å²) in [6.07, 6.45) is 1.97. The average molecular weight is 453 g/mol. The first-order chi connectivity index (χ1) is 16.7. The summed E-state index contributed by atoms with van der Waals surface area (Å²) in [5.74, 6) is 0. The second-order valence-corrected chi connectivity index (χ2v) is 11.6. The van der Waals surface area contributed by atoms with E-state index in [1.165, 1.54) is 43.4 Å². The third kappa shape index (κ3) is 2.77. The van der Waals surface area contributed by atoms with E-state index >= 15 is 0 Å². The van der Waals surface area contributed by atoms with Gasteiger partial charge in [0.25, 0.3) is 0 Å². The average Bonchev–Trinajstić information content (AvgIpc) is 2.85. The Hall–Kier alpha value is -3.78. The van der Waals surface area contributed by atoms with E-state index in [1.807, 2.05) is 6.20 Å². The molecule has 0 radical (unpaired) electrons. The van der Waals surface area contributed by atoms with Crippen LogP contribution in [0.1, 0.15) is 51.4 Å². The molecule has 0 bridgehead atoms. The summed E-state index contributed by atoms with van der Waals surface area (Å²) in [5.41, 5.74) is 6.88. The van der Waals surface area contributed by atoms with Crippen molar-refractivity contribution >= 4 is 43.2 Å². The summed E-state index contributed by atoms with van der Waals surface area (Å²) < 4.78 is 0. The van der Waals surface area contributed by atoms with E-state index in [4.69, 9.17) is 9.97 Å².